The number of amidine groups is 1. The van der Waals surface area contributed by atoms with Crippen LogP contribution in [0, 0.1) is 0 Å². The van der Waals surface area contributed by atoms with Gasteiger partial charge in [-0.05, 0) is 17.7 Å². The van der Waals surface area contributed by atoms with Gasteiger partial charge in [0, 0.05) is 0 Å². The maximum absolute atomic E-state index is 12.3. The Morgan fingerprint density at radius 1 is 1.36 bits per heavy atom. The standard InChI is InChI=1S/C11H6Cl2F3N3O2S/c12-6-1-5(2-7(9(6)13)21-11(14,15)16)3-17-19-10-18-8(20)4-22-10/h1-3H,4H2,(H,18,19,20). The molecule has 0 aliphatic carbocycles. The zero-order valence-corrected chi connectivity index (χ0v) is 12.8. The van der Waals surface area contributed by atoms with Crippen LogP contribution in [0.1, 0.15) is 5.56 Å². The molecule has 0 saturated carbocycles. The summed E-state index contributed by atoms with van der Waals surface area (Å²) in [5.74, 6) is -0.598. The normalized spacial score (nSPS) is 17.3. The van der Waals surface area contributed by atoms with E-state index in [0.29, 0.717) is 5.17 Å². The number of carbonyl (C=O) groups is 1. The molecule has 1 amide bonds. The van der Waals surface area contributed by atoms with Gasteiger partial charge in [0.05, 0.1) is 17.0 Å². The molecule has 0 atom stereocenters. The summed E-state index contributed by atoms with van der Waals surface area (Å²) < 4.78 is 40.5. The van der Waals surface area contributed by atoms with E-state index in [9.17, 15) is 18.0 Å². The molecule has 0 radical (unpaired) electrons. The predicted octanol–water partition coefficient (Wildman–Crippen LogP) is 3.44. The molecule has 2 rings (SSSR count). The summed E-state index contributed by atoms with van der Waals surface area (Å²) in [5.41, 5.74) is 0.201. The molecule has 0 unspecified atom stereocenters. The van der Waals surface area contributed by atoms with Crippen LogP contribution in [0.5, 0.6) is 5.75 Å². The zero-order valence-electron chi connectivity index (χ0n) is 10.4. The van der Waals surface area contributed by atoms with Crippen LogP contribution in [0.4, 0.5) is 13.2 Å². The van der Waals surface area contributed by atoms with E-state index in [1.807, 2.05) is 0 Å². The first kappa shape index (κ1) is 16.9. The second-order valence-electron chi connectivity index (χ2n) is 3.85. The molecule has 1 aliphatic heterocycles. The molecule has 0 aromatic heterocycles. The largest absolute Gasteiger partial charge is 0.573 e. The fraction of sp³-hybridized carbons (Fsp3) is 0.182. The van der Waals surface area contributed by atoms with E-state index >= 15 is 0 Å². The highest BCUT2D eigenvalue weighted by atomic mass is 35.5. The van der Waals surface area contributed by atoms with Gasteiger partial charge in [0.25, 0.3) is 0 Å². The zero-order chi connectivity index (χ0) is 16.3. The van der Waals surface area contributed by atoms with Crippen molar-refractivity contribution < 1.29 is 22.7 Å². The van der Waals surface area contributed by atoms with Crippen molar-refractivity contribution in [3.05, 3.63) is 27.7 Å². The molecule has 11 heteroatoms. The minimum Gasteiger partial charge on any atom is -0.404 e. The molecule has 1 aliphatic rings. The molecule has 1 aromatic rings. The molecule has 1 fully saturated rings. The lowest BCUT2D eigenvalue weighted by Crippen LogP contribution is -2.19. The molecular formula is C11H6Cl2F3N3O2S. The minimum absolute atomic E-state index is 0.124. The molecule has 0 bridgehead atoms. The monoisotopic (exact) mass is 371 g/mol. The van der Waals surface area contributed by atoms with Gasteiger partial charge in [-0.25, -0.2) is 0 Å². The maximum Gasteiger partial charge on any atom is 0.573 e. The van der Waals surface area contributed by atoms with E-state index in [-0.39, 0.29) is 27.3 Å². The summed E-state index contributed by atoms with van der Waals surface area (Å²) in [6.45, 7) is 0. The molecule has 118 valence electrons. The highest BCUT2D eigenvalue weighted by molar-refractivity contribution is 8.15. The lowest BCUT2D eigenvalue weighted by molar-refractivity contribution is -0.274. The second-order valence-corrected chi connectivity index (χ2v) is 5.60. The van der Waals surface area contributed by atoms with E-state index in [1.54, 1.807) is 0 Å². The predicted molar refractivity (Wildman–Crippen MR) is 78.8 cm³/mol. The SMILES string of the molecule is O=C1CSC(=NN=Cc2cc(Cl)c(Cl)c(OC(F)(F)F)c2)N1. The molecule has 1 saturated heterocycles. The van der Waals surface area contributed by atoms with E-state index in [2.05, 4.69) is 20.3 Å². The van der Waals surface area contributed by atoms with Crippen molar-refractivity contribution in [3.63, 3.8) is 0 Å². The van der Waals surface area contributed by atoms with Gasteiger partial charge in [-0.2, -0.15) is 5.10 Å². The van der Waals surface area contributed by atoms with Crippen LogP contribution in [-0.4, -0.2) is 29.4 Å². The van der Waals surface area contributed by atoms with Crippen LogP contribution in [0.2, 0.25) is 10.0 Å². The maximum atomic E-state index is 12.3. The number of thioether (sulfide) groups is 1. The number of hydrogen-bond acceptors (Lipinski definition) is 5. The van der Waals surface area contributed by atoms with Crippen molar-refractivity contribution in [1.29, 1.82) is 0 Å². The number of alkyl halides is 3. The third-order valence-electron chi connectivity index (χ3n) is 2.18. The van der Waals surface area contributed by atoms with Crippen LogP contribution in [-0.2, 0) is 4.79 Å². The van der Waals surface area contributed by atoms with Gasteiger partial charge in [-0.15, -0.1) is 18.3 Å². The Balaban J connectivity index is 2.19. The number of nitrogens with one attached hydrogen (secondary N) is 1. The van der Waals surface area contributed by atoms with E-state index in [4.69, 9.17) is 23.2 Å². The average molecular weight is 372 g/mol. The summed E-state index contributed by atoms with van der Waals surface area (Å²) in [6.07, 6.45) is -3.74. The van der Waals surface area contributed by atoms with Crippen molar-refractivity contribution in [2.24, 2.45) is 10.2 Å². The summed E-state index contributed by atoms with van der Waals surface area (Å²) in [7, 11) is 0. The smallest absolute Gasteiger partial charge is 0.404 e. The first-order valence-electron chi connectivity index (χ1n) is 5.53. The molecule has 22 heavy (non-hydrogen) atoms. The molecular weight excluding hydrogens is 366 g/mol. The number of hydrogen-bond donors (Lipinski definition) is 1. The Morgan fingerprint density at radius 3 is 2.68 bits per heavy atom. The third-order valence-corrected chi connectivity index (χ3v) is 3.83. The molecule has 1 aromatic carbocycles. The number of rotatable bonds is 3. The van der Waals surface area contributed by atoms with Crippen LogP contribution >= 0.6 is 35.0 Å². The summed E-state index contributed by atoms with van der Waals surface area (Å²) in [6, 6.07) is 2.32. The quantitative estimate of drug-likeness (QED) is 0.653. The number of carbonyl (C=O) groups excluding carboxylic acids is 1. The second kappa shape index (κ2) is 6.76. The third kappa shape index (κ3) is 4.79. The Hall–Kier alpha value is -1.45. The van der Waals surface area contributed by atoms with Gasteiger partial charge in [-0.3, -0.25) is 4.79 Å². The summed E-state index contributed by atoms with van der Waals surface area (Å²) in [5, 5.41) is 9.62. The van der Waals surface area contributed by atoms with Gasteiger partial charge in [0.2, 0.25) is 5.91 Å². The fourth-order valence-electron chi connectivity index (χ4n) is 1.38. The van der Waals surface area contributed by atoms with Crippen LogP contribution in [0.25, 0.3) is 0 Å². The summed E-state index contributed by atoms with van der Waals surface area (Å²) >= 11 is 12.5. The number of nitrogens with zero attached hydrogens (tertiary/aromatic N) is 2. The van der Waals surface area contributed by atoms with Gasteiger partial charge in [0.15, 0.2) is 5.17 Å². The van der Waals surface area contributed by atoms with Crippen molar-refractivity contribution in [1.82, 2.24) is 5.32 Å². The van der Waals surface area contributed by atoms with Gasteiger partial charge in [0.1, 0.15) is 10.8 Å². The van der Waals surface area contributed by atoms with Crippen LogP contribution in [0.15, 0.2) is 22.3 Å². The van der Waals surface area contributed by atoms with Crippen LogP contribution < -0.4 is 10.1 Å². The first-order valence-corrected chi connectivity index (χ1v) is 7.27. The molecule has 1 N–H and O–H groups in total. The Bertz CT molecular complexity index is 665. The minimum atomic E-state index is -4.90. The van der Waals surface area contributed by atoms with Crippen molar-refractivity contribution >= 4 is 52.3 Å². The van der Waals surface area contributed by atoms with Crippen molar-refractivity contribution in [3.8, 4) is 5.75 Å². The first-order chi connectivity index (χ1) is 10.2. The van der Waals surface area contributed by atoms with Crippen molar-refractivity contribution in [2.45, 2.75) is 6.36 Å². The van der Waals surface area contributed by atoms with Crippen LogP contribution in [0.3, 0.4) is 0 Å². The highest BCUT2D eigenvalue weighted by Crippen LogP contribution is 2.36. The number of benzene rings is 1. The lowest BCUT2D eigenvalue weighted by atomic mass is 10.2. The number of ether oxygens (including phenoxy) is 1. The lowest BCUT2D eigenvalue weighted by Gasteiger charge is -2.11. The Morgan fingerprint density at radius 2 is 2.09 bits per heavy atom. The van der Waals surface area contributed by atoms with Gasteiger partial charge < -0.3 is 10.1 Å². The molecule has 1 heterocycles. The van der Waals surface area contributed by atoms with Gasteiger partial charge >= 0.3 is 6.36 Å². The van der Waals surface area contributed by atoms with E-state index in [0.717, 1.165) is 24.0 Å². The Labute approximate surface area is 136 Å². The van der Waals surface area contributed by atoms with Gasteiger partial charge in [-0.1, -0.05) is 35.0 Å². The fourth-order valence-corrected chi connectivity index (χ4v) is 2.38. The molecule has 0 spiro atoms. The molecule has 5 nitrogen and oxygen atoms in total. The Kier molecular flexibility index (Phi) is 5.20. The van der Waals surface area contributed by atoms with E-state index in [1.165, 1.54) is 6.07 Å². The topological polar surface area (TPSA) is 63.0 Å². The van der Waals surface area contributed by atoms with E-state index < -0.39 is 12.1 Å². The number of amides is 1. The number of halogens is 5. The highest BCUT2D eigenvalue weighted by Gasteiger charge is 2.32. The van der Waals surface area contributed by atoms with Crippen molar-refractivity contribution in [2.75, 3.05) is 5.75 Å². The summed E-state index contributed by atoms with van der Waals surface area (Å²) in [4.78, 5) is 10.9. The average Bonchev–Trinajstić information content (AvgIpc) is 2.79.